The third kappa shape index (κ3) is 1.98. The third-order valence-electron chi connectivity index (χ3n) is 2.45. The molecule has 60 valence electrons. The zero-order chi connectivity index (χ0) is 7.56. The summed E-state index contributed by atoms with van der Waals surface area (Å²) in [7, 11) is 2.07. The zero-order valence-electron chi connectivity index (χ0n) is 7.35. The highest BCUT2D eigenvalue weighted by Gasteiger charge is 2.27. The molecular formula is C9H19N. The molecule has 1 heteroatoms. The Morgan fingerprint density at radius 1 is 1.40 bits per heavy atom. The first-order chi connectivity index (χ1) is 4.72. The van der Waals surface area contributed by atoms with Crippen LogP contribution in [0.5, 0.6) is 0 Å². The van der Waals surface area contributed by atoms with E-state index in [9.17, 15) is 0 Å². The van der Waals surface area contributed by atoms with Crippen molar-refractivity contribution in [2.24, 2.45) is 11.8 Å². The van der Waals surface area contributed by atoms with Crippen LogP contribution in [0, 0.1) is 11.8 Å². The van der Waals surface area contributed by atoms with Crippen molar-refractivity contribution in [3.05, 3.63) is 0 Å². The molecule has 0 saturated heterocycles. The minimum atomic E-state index is 0.837. The van der Waals surface area contributed by atoms with Crippen LogP contribution < -0.4 is 5.32 Å². The SMILES string of the molecule is CNC1CC(CC(C)C)C1. The van der Waals surface area contributed by atoms with E-state index in [2.05, 4.69) is 26.2 Å². The van der Waals surface area contributed by atoms with Gasteiger partial charge >= 0.3 is 0 Å². The summed E-state index contributed by atoms with van der Waals surface area (Å²) >= 11 is 0. The summed E-state index contributed by atoms with van der Waals surface area (Å²) in [6, 6.07) is 0.837. The molecule has 0 aromatic carbocycles. The molecule has 1 N–H and O–H groups in total. The Balaban J connectivity index is 2.03. The second kappa shape index (κ2) is 3.38. The van der Waals surface area contributed by atoms with Gasteiger partial charge in [0.25, 0.3) is 0 Å². The lowest BCUT2D eigenvalue weighted by Crippen LogP contribution is -2.39. The topological polar surface area (TPSA) is 12.0 Å². The zero-order valence-corrected chi connectivity index (χ0v) is 7.35. The first kappa shape index (κ1) is 8.06. The molecule has 1 saturated carbocycles. The minimum absolute atomic E-state index is 0.837. The molecule has 1 rings (SSSR count). The van der Waals surface area contributed by atoms with E-state index in [1.165, 1.54) is 19.3 Å². The molecule has 0 atom stereocenters. The van der Waals surface area contributed by atoms with E-state index in [1.54, 1.807) is 0 Å². The van der Waals surface area contributed by atoms with E-state index in [0.717, 1.165) is 17.9 Å². The average molecular weight is 141 g/mol. The molecule has 0 radical (unpaired) electrons. The van der Waals surface area contributed by atoms with Crippen LogP contribution >= 0.6 is 0 Å². The quantitative estimate of drug-likeness (QED) is 0.634. The van der Waals surface area contributed by atoms with Gasteiger partial charge in [0.05, 0.1) is 0 Å². The van der Waals surface area contributed by atoms with Gasteiger partial charge in [-0.05, 0) is 38.1 Å². The minimum Gasteiger partial charge on any atom is -0.317 e. The molecule has 1 nitrogen and oxygen atoms in total. The Morgan fingerprint density at radius 3 is 2.40 bits per heavy atom. The van der Waals surface area contributed by atoms with E-state index in [4.69, 9.17) is 0 Å². The number of nitrogens with one attached hydrogen (secondary N) is 1. The van der Waals surface area contributed by atoms with Gasteiger partial charge in [0.15, 0.2) is 0 Å². The lowest BCUT2D eigenvalue weighted by Gasteiger charge is -2.36. The van der Waals surface area contributed by atoms with Crippen LogP contribution in [-0.2, 0) is 0 Å². The summed E-state index contributed by atoms with van der Waals surface area (Å²) < 4.78 is 0. The molecule has 1 fully saturated rings. The molecule has 0 bridgehead atoms. The van der Waals surface area contributed by atoms with Crippen LogP contribution in [-0.4, -0.2) is 13.1 Å². The maximum Gasteiger partial charge on any atom is 0.00693 e. The summed E-state index contributed by atoms with van der Waals surface area (Å²) in [6.45, 7) is 4.62. The van der Waals surface area contributed by atoms with E-state index in [0.29, 0.717) is 0 Å². The Labute approximate surface area is 64.2 Å². The van der Waals surface area contributed by atoms with Gasteiger partial charge in [0, 0.05) is 6.04 Å². The number of hydrogen-bond acceptors (Lipinski definition) is 1. The Morgan fingerprint density at radius 2 is 2.00 bits per heavy atom. The highest BCUT2D eigenvalue weighted by atomic mass is 14.9. The summed E-state index contributed by atoms with van der Waals surface area (Å²) in [5.74, 6) is 1.92. The smallest absolute Gasteiger partial charge is 0.00693 e. The molecule has 0 spiro atoms. The van der Waals surface area contributed by atoms with Gasteiger partial charge in [-0.15, -0.1) is 0 Å². The van der Waals surface area contributed by atoms with Gasteiger partial charge in [-0.3, -0.25) is 0 Å². The predicted octanol–water partition coefficient (Wildman–Crippen LogP) is 2.03. The van der Waals surface area contributed by atoms with Crippen molar-refractivity contribution >= 4 is 0 Å². The van der Waals surface area contributed by atoms with Crippen molar-refractivity contribution in [1.82, 2.24) is 5.32 Å². The maximum absolute atomic E-state index is 3.30. The van der Waals surface area contributed by atoms with Crippen molar-refractivity contribution in [2.45, 2.75) is 39.2 Å². The van der Waals surface area contributed by atoms with Crippen LogP contribution in [0.1, 0.15) is 33.1 Å². The monoisotopic (exact) mass is 141 g/mol. The second-order valence-corrected chi connectivity index (χ2v) is 3.95. The van der Waals surface area contributed by atoms with E-state index in [1.807, 2.05) is 0 Å². The van der Waals surface area contributed by atoms with Crippen molar-refractivity contribution < 1.29 is 0 Å². The molecule has 1 aliphatic rings. The summed E-state index contributed by atoms with van der Waals surface area (Å²) in [5.41, 5.74) is 0. The molecule has 10 heavy (non-hydrogen) atoms. The van der Waals surface area contributed by atoms with Gasteiger partial charge in [-0.1, -0.05) is 13.8 Å². The van der Waals surface area contributed by atoms with Gasteiger partial charge in [-0.2, -0.15) is 0 Å². The number of hydrogen-bond donors (Lipinski definition) is 1. The standard InChI is InChI=1S/C9H19N/c1-7(2)4-8-5-9(6-8)10-3/h7-10H,4-6H2,1-3H3. The normalized spacial score (nSPS) is 32.4. The lowest BCUT2D eigenvalue weighted by atomic mass is 9.76. The second-order valence-electron chi connectivity index (χ2n) is 3.95. The fraction of sp³-hybridized carbons (Fsp3) is 1.00. The maximum atomic E-state index is 3.30. The van der Waals surface area contributed by atoms with E-state index >= 15 is 0 Å². The van der Waals surface area contributed by atoms with Crippen LogP contribution in [0.15, 0.2) is 0 Å². The molecule has 1 aliphatic carbocycles. The van der Waals surface area contributed by atoms with Gasteiger partial charge in [-0.25, -0.2) is 0 Å². The Kier molecular flexibility index (Phi) is 2.72. The van der Waals surface area contributed by atoms with E-state index in [-0.39, 0.29) is 0 Å². The molecule has 0 heterocycles. The van der Waals surface area contributed by atoms with Crippen LogP contribution in [0.2, 0.25) is 0 Å². The molecule has 0 aliphatic heterocycles. The summed E-state index contributed by atoms with van der Waals surface area (Å²) in [5, 5.41) is 3.30. The van der Waals surface area contributed by atoms with Crippen LogP contribution in [0.25, 0.3) is 0 Å². The molecule has 0 unspecified atom stereocenters. The first-order valence-corrected chi connectivity index (χ1v) is 4.39. The average Bonchev–Trinajstić information content (AvgIpc) is 1.76. The Bertz CT molecular complexity index is 92.9. The van der Waals surface area contributed by atoms with Crippen molar-refractivity contribution in [3.8, 4) is 0 Å². The van der Waals surface area contributed by atoms with Crippen molar-refractivity contribution in [1.29, 1.82) is 0 Å². The molecule has 0 aromatic rings. The van der Waals surface area contributed by atoms with Crippen molar-refractivity contribution in [2.75, 3.05) is 7.05 Å². The van der Waals surface area contributed by atoms with Crippen LogP contribution in [0.4, 0.5) is 0 Å². The lowest BCUT2D eigenvalue weighted by molar-refractivity contribution is 0.200. The fourth-order valence-electron chi connectivity index (χ4n) is 1.83. The van der Waals surface area contributed by atoms with Gasteiger partial charge in [0.1, 0.15) is 0 Å². The van der Waals surface area contributed by atoms with Crippen molar-refractivity contribution in [3.63, 3.8) is 0 Å². The molecule has 0 amide bonds. The number of rotatable bonds is 3. The predicted molar refractivity (Wildman–Crippen MR) is 45.0 cm³/mol. The first-order valence-electron chi connectivity index (χ1n) is 4.39. The van der Waals surface area contributed by atoms with E-state index < -0.39 is 0 Å². The Hall–Kier alpha value is -0.0400. The fourth-order valence-corrected chi connectivity index (χ4v) is 1.83. The van der Waals surface area contributed by atoms with Gasteiger partial charge in [0.2, 0.25) is 0 Å². The largest absolute Gasteiger partial charge is 0.317 e. The van der Waals surface area contributed by atoms with Gasteiger partial charge < -0.3 is 5.32 Å². The third-order valence-corrected chi connectivity index (χ3v) is 2.45. The van der Waals surface area contributed by atoms with Crippen LogP contribution in [0.3, 0.4) is 0 Å². The summed E-state index contributed by atoms with van der Waals surface area (Å²) in [4.78, 5) is 0. The highest BCUT2D eigenvalue weighted by molar-refractivity contribution is 4.84. The highest BCUT2D eigenvalue weighted by Crippen LogP contribution is 2.32. The molecular weight excluding hydrogens is 122 g/mol. The summed E-state index contributed by atoms with van der Waals surface area (Å²) in [6.07, 6.45) is 4.25. The molecule has 0 aromatic heterocycles.